The molecule has 0 radical (unpaired) electrons. The van der Waals surface area contributed by atoms with Crippen molar-refractivity contribution >= 4 is 6.08 Å². The predicted octanol–water partition coefficient (Wildman–Crippen LogP) is 4.52. The van der Waals surface area contributed by atoms with Gasteiger partial charge in [0, 0.05) is 5.92 Å². The third-order valence-corrected chi connectivity index (χ3v) is 4.00. The van der Waals surface area contributed by atoms with Crippen LogP contribution < -0.4 is 0 Å². The molecular formula is C17H14. The third-order valence-electron chi connectivity index (χ3n) is 4.00. The Balaban J connectivity index is 2.13. The topological polar surface area (TPSA) is 0 Å². The SMILES string of the molecule is Cc1cc2c3c(c1)-c1ccccc1C3CC=C2. The second-order valence-electron chi connectivity index (χ2n) is 5.09. The Hall–Kier alpha value is -1.82. The molecule has 2 aliphatic carbocycles. The number of aryl methyl sites for hydroxylation is 1. The Bertz CT molecular complexity index is 647. The van der Waals surface area contributed by atoms with Crippen molar-refractivity contribution in [2.24, 2.45) is 0 Å². The maximum absolute atomic E-state index is 2.34. The molecule has 4 rings (SSSR count). The third kappa shape index (κ3) is 1.13. The van der Waals surface area contributed by atoms with Gasteiger partial charge in [-0.05, 0) is 46.7 Å². The second-order valence-corrected chi connectivity index (χ2v) is 5.09. The molecule has 0 aliphatic heterocycles. The number of hydrogen-bond donors (Lipinski definition) is 0. The van der Waals surface area contributed by atoms with Crippen LogP contribution in [-0.4, -0.2) is 0 Å². The largest absolute Gasteiger partial charge is 0.0830 e. The lowest BCUT2D eigenvalue weighted by Crippen LogP contribution is -2.01. The molecule has 2 aromatic carbocycles. The van der Waals surface area contributed by atoms with E-state index >= 15 is 0 Å². The summed E-state index contributed by atoms with van der Waals surface area (Å²) in [7, 11) is 0. The van der Waals surface area contributed by atoms with Crippen molar-refractivity contribution in [2.75, 3.05) is 0 Å². The molecule has 82 valence electrons. The average Bonchev–Trinajstić information content (AvgIpc) is 2.67. The Morgan fingerprint density at radius 1 is 1.06 bits per heavy atom. The van der Waals surface area contributed by atoms with Gasteiger partial charge in [0.05, 0.1) is 0 Å². The maximum Gasteiger partial charge on any atom is 0.0142 e. The quantitative estimate of drug-likeness (QED) is 0.609. The van der Waals surface area contributed by atoms with Crippen LogP contribution in [0.5, 0.6) is 0 Å². The standard InChI is InChI=1S/C17H14/c1-11-9-12-5-4-8-15-13-6-2-3-7-14(13)16(10-11)17(12)15/h2-7,9-10,15H,8H2,1H3. The Labute approximate surface area is 102 Å². The van der Waals surface area contributed by atoms with Crippen LogP contribution in [0.3, 0.4) is 0 Å². The van der Waals surface area contributed by atoms with Crippen molar-refractivity contribution in [3.8, 4) is 11.1 Å². The lowest BCUT2D eigenvalue weighted by molar-refractivity contribution is 0.843. The summed E-state index contributed by atoms with van der Waals surface area (Å²) in [6, 6.07) is 13.5. The van der Waals surface area contributed by atoms with Crippen molar-refractivity contribution in [1.29, 1.82) is 0 Å². The van der Waals surface area contributed by atoms with Crippen molar-refractivity contribution in [3.05, 3.63) is 64.7 Å². The fourth-order valence-electron chi connectivity index (χ4n) is 3.35. The monoisotopic (exact) mass is 218 g/mol. The minimum absolute atomic E-state index is 0.599. The molecule has 2 aliphatic rings. The van der Waals surface area contributed by atoms with Crippen molar-refractivity contribution in [2.45, 2.75) is 19.3 Å². The van der Waals surface area contributed by atoms with Crippen LogP contribution in [-0.2, 0) is 0 Å². The summed E-state index contributed by atoms with van der Waals surface area (Å²) in [6.07, 6.45) is 5.76. The Morgan fingerprint density at radius 3 is 2.88 bits per heavy atom. The minimum Gasteiger partial charge on any atom is -0.0830 e. The molecule has 0 heteroatoms. The van der Waals surface area contributed by atoms with Gasteiger partial charge in [-0.25, -0.2) is 0 Å². The zero-order valence-corrected chi connectivity index (χ0v) is 9.90. The van der Waals surface area contributed by atoms with Gasteiger partial charge in [-0.2, -0.15) is 0 Å². The van der Waals surface area contributed by atoms with E-state index in [1.54, 1.807) is 5.56 Å². The van der Waals surface area contributed by atoms with E-state index in [1.807, 2.05) is 0 Å². The number of rotatable bonds is 0. The van der Waals surface area contributed by atoms with E-state index in [9.17, 15) is 0 Å². The van der Waals surface area contributed by atoms with E-state index in [1.165, 1.54) is 27.8 Å². The lowest BCUT2D eigenvalue weighted by Gasteiger charge is -2.18. The molecular weight excluding hydrogens is 204 g/mol. The molecule has 1 unspecified atom stereocenters. The van der Waals surface area contributed by atoms with Crippen LogP contribution in [0.1, 0.15) is 34.6 Å². The molecule has 0 heterocycles. The van der Waals surface area contributed by atoms with Crippen molar-refractivity contribution in [1.82, 2.24) is 0 Å². The van der Waals surface area contributed by atoms with E-state index in [-0.39, 0.29) is 0 Å². The number of fused-ring (bicyclic) bond motifs is 3. The maximum atomic E-state index is 2.34. The Kier molecular flexibility index (Phi) is 1.69. The molecule has 0 nitrogen and oxygen atoms in total. The van der Waals surface area contributed by atoms with E-state index in [2.05, 4.69) is 55.5 Å². The summed E-state index contributed by atoms with van der Waals surface area (Å²) in [5, 5.41) is 0. The number of benzene rings is 2. The molecule has 1 atom stereocenters. The van der Waals surface area contributed by atoms with Crippen LogP contribution in [0, 0.1) is 6.92 Å². The summed E-state index contributed by atoms with van der Waals surface area (Å²) in [6.45, 7) is 2.19. The van der Waals surface area contributed by atoms with Crippen LogP contribution in [0.2, 0.25) is 0 Å². The summed E-state index contributed by atoms with van der Waals surface area (Å²) in [5.41, 5.74) is 8.76. The van der Waals surface area contributed by atoms with Gasteiger partial charge in [-0.1, -0.05) is 48.6 Å². The van der Waals surface area contributed by atoms with E-state index in [0.29, 0.717) is 5.92 Å². The second kappa shape index (κ2) is 3.10. The summed E-state index contributed by atoms with van der Waals surface area (Å²) < 4.78 is 0. The summed E-state index contributed by atoms with van der Waals surface area (Å²) >= 11 is 0. The molecule has 0 amide bonds. The van der Waals surface area contributed by atoms with Gasteiger partial charge in [0.2, 0.25) is 0 Å². The van der Waals surface area contributed by atoms with Gasteiger partial charge in [0.1, 0.15) is 0 Å². The first-order valence-corrected chi connectivity index (χ1v) is 6.25. The molecule has 0 fully saturated rings. The highest BCUT2D eigenvalue weighted by Crippen LogP contribution is 2.50. The first-order valence-electron chi connectivity index (χ1n) is 6.25. The fourth-order valence-corrected chi connectivity index (χ4v) is 3.35. The van der Waals surface area contributed by atoms with Gasteiger partial charge in [0.25, 0.3) is 0 Å². The molecule has 0 N–H and O–H groups in total. The Morgan fingerprint density at radius 2 is 1.94 bits per heavy atom. The van der Waals surface area contributed by atoms with Gasteiger partial charge in [-0.3, -0.25) is 0 Å². The molecule has 17 heavy (non-hydrogen) atoms. The van der Waals surface area contributed by atoms with E-state index in [4.69, 9.17) is 0 Å². The van der Waals surface area contributed by atoms with Gasteiger partial charge >= 0.3 is 0 Å². The van der Waals surface area contributed by atoms with Gasteiger partial charge in [-0.15, -0.1) is 0 Å². The summed E-state index contributed by atoms with van der Waals surface area (Å²) in [5.74, 6) is 0.599. The lowest BCUT2D eigenvalue weighted by atomic mass is 9.85. The predicted molar refractivity (Wildman–Crippen MR) is 72.1 cm³/mol. The highest BCUT2D eigenvalue weighted by Gasteiger charge is 2.30. The van der Waals surface area contributed by atoms with Crippen molar-refractivity contribution < 1.29 is 0 Å². The van der Waals surface area contributed by atoms with Crippen LogP contribution in [0.4, 0.5) is 0 Å². The van der Waals surface area contributed by atoms with Crippen LogP contribution in [0.15, 0.2) is 42.5 Å². The normalized spacial score (nSPS) is 19.0. The smallest absolute Gasteiger partial charge is 0.0142 e. The molecule has 0 spiro atoms. The molecule has 2 aromatic rings. The number of hydrogen-bond acceptors (Lipinski definition) is 0. The van der Waals surface area contributed by atoms with E-state index in [0.717, 1.165) is 6.42 Å². The zero-order valence-electron chi connectivity index (χ0n) is 9.90. The van der Waals surface area contributed by atoms with Gasteiger partial charge < -0.3 is 0 Å². The van der Waals surface area contributed by atoms with E-state index < -0.39 is 0 Å². The first kappa shape index (κ1) is 9.23. The van der Waals surface area contributed by atoms with Crippen molar-refractivity contribution in [3.63, 3.8) is 0 Å². The summed E-state index contributed by atoms with van der Waals surface area (Å²) in [4.78, 5) is 0. The van der Waals surface area contributed by atoms with Crippen LogP contribution in [0.25, 0.3) is 17.2 Å². The zero-order chi connectivity index (χ0) is 11.4. The highest BCUT2D eigenvalue weighted by atomic mass is 14.3. The first-order chi connectivity index (χ1) is 8.34. The average molecular weight is 218 g/mol. The molecule has 0 saturated carbocycles. The molecule has 0 saturated heterocycles. The highest BCUT2D eigenvalue weighted by molar-refractivity contribution is 5.84. The fraction of sp³-hybridized carbons (Fsp3) is 0.176. The molecule has 0 bridgehead atoms. The molecule has 0 aromatic heterocycles. The minimum atomic E-state index is 0.599. The number of allylic oxidation sites excluding steroid dienone is 1. The van der Waals surface area contributed by atoms with Gasteiger partial charge in [0.15, 0.2) is 0 Å². The van der Waals surface area contributed by atoms with Crippen LogP contribution >= 0.6 is 0 Å².